The van der Waals surface area contributed by atoms with Crippen LogP contribution in [0.25, 0.3) is 0 Å². The summed E-state index contributed by atoms with van der Waals surface area (Å²) < 4.78 is 37.2. The normalized spacial score (nSPS) is 12.2. The summed E-state index contributed by atoms with van der Waals surface area (Å²) >= 11 is 10.6. The number of benzene rings is 1. The van der Waals surface area contributed by atoms with Crippen LogP contribution in [-0.2, 0) is 11.0 Å². The van der Waals surface area contributed by atoms with Gasteiger partial charge in [0.1, 0.15) is 0 Å². The number of carbonyl (C=O) groups excluding carboxylic acids is 1. The molecular weight excluding hydrogens is 308 g/mol. The topological polar surface area (TPSA) is 50.7 Å². The molecule has 0 saturated heterocycles. The predicted molar refractivity (Wildman–Crippen MR) is 65.6 cm³/mol. The van der Waals surface area contributed by atoms with Gasteiger partial charge < -0.3 is 0 Å². The highest BCUT2D eigenvalue weighted by Gasteiger charge is 2.30. The maximum Gasteiger partial charge on any atom is 0.437 e. The van der Waals surface area contributed by atoms with Gasteiger partial charge in [0.25, 0.3) is 0 Å². The fraction of sp³-hybridized carbons (Fsp3) is 0.200. The number of oxime groups is 1. The van der Waals surface area contributed by atoms with Crippen molar-refractivity contribution in [1.82, 2.24) is 0 Å². The lowest BCUT2D eigenvalue weighted by Gasteiger charge is -2.08. The number of rotatable bonds is 3. The lowest BCUT2D eigenvalue weighted by Crippen LogP contribution is -2.13. The first-order valence-corrected chi connectivity index (χ1v) is 5.68. The number of alkyl halides is 4. The Morgan fingerprint density at radius 1 is 1.42 bits per heavy atom. The molecular formula is C10H7Cl2F3N2O2. The molecule has 0 fully saturated rings. The lowest BCUT2D eigenvalue weighted by molar-refractivity contribution is -0.137. The van der Waals surface area contributed by atoms with E-state index in [1.54, 1.807) is 0 Å². The summed E-state index contributed by atoms with van der Waals surface area (Å²) in [7, 11) is 0. The summed E-state index contributed by atoms with van der Waals surface area (Å²) in [6, 6.07) is 4.05. The highest BCUT2D eigenvalue weighted by molar-refractivity contribution is 6.69. The SMILES string of the molecule is O=C(Nc1cccc(C(F)(F)F)c1)ON=C(Cl)CCl. The first-order valence-electron chi connectivity index (χ1n) is 4.76. The number of halogens is 5. The number of hydrogen-bond donors (Lipinski definition) is 1. The van der Waals surface area contributed by atoms with Gasteiger partial charge in [-0.05, 0) is 18.2 Å². The van der Waals surface area contributed by atoms with Crippen LogP contribution in [0.2, 0.25) is 0 Å². The van der Waals surface area contributed by atoms with E-state index in [4.69, 9.17) is 23.2 Å². The highest BCUT2D eigenvalue weighted by atomic mass is 35.5. The van der Waals surface area contributed by atoms with E-state index in [0.717, 1.165) is 18.2 Å². The summed E-state index contributed by atoms with van der Waals surface area (Å²) in [6.07, 6.45) is -5.58. The third kappa shape index (κ3) is 5.35. The molecule has 0 atom stereocenters. The molecule has 0 aliphatic heterocycles. The van der Waals surface area contributed by atoms with Crippen molar-refractivity contribution in [1.29, 1.82) is 0 Å². The molecule has 1 amide bonds. The molecule has 1 N–H and O–H groups in total. The van der Waals surface area contributed by atoms with Crippen molar-refractivity contribution in [2.24, 2.45) is 5.16 Å². The van der Waals surface area contributed by atoms with Crippen LogP contribution in [0.5, 0.6) is 0 Å². The van der Waals surface area contributed by atoms with Gasteiger partial charge in [-0.25, -0.2) is 4.79 Å². The molecule has 4 nitrogen and oxygen atoms in total. The standard InChI is InChI=1S/C10H7Cl2F3N2O2/c11-5-8(12)17-19-9(18)16-7-3-1-2-6(4-7)10(13,14)15/h1-4H,5H2,(H,16,18). The number of nitrogens with zero attached hydrogens (tertiary/aromatic N) is 1. The van der Waals surface area contributed by atoms with E-state index in [2.05, 4.69) is 15.3 Å². The van der Waals surface area contributed by atoms with Crippen molar-refractivity contribution in [3.8, 4) is 0 Å². The summed E-state index contributed by atoms with van der Waals surface area (Å²) in [5.74, 6) is -0.154. The first-order chi connectivity index (χ1) is 8.82. The fourth-order valence-corrected chi connectivity index (χ4v) is 1.11. The molecule has 0 radical (unpaired) electrons. The molecule has 9 heteroatoms. The second kappa shape index (κ2) is 6.63. The molecule has 0 heterocycles. The summed E-state index contributed by atoms with van der Waals surface area (Å²) in [6.45, 7) is 0. The predicted octanol–water partition coefficient (Wildman–Crippen LogP) is 4.05. The molecule has 104 valence electrons. The molecule has 1 aromatic carbocycles. The zero-order valence-corrected chi connectivity index (χ0v) is 10.7. The van der Waals surface area contributed by atoms with Crippen molar-refractivity contribution in [2.75, 3.05) is 11.2 Å². The van der Waals surface area contributed by atoms with Gasteiger partial charge in [0, 0.05) is 5.69 Å². The van der Waals surface area contributed by atoms with Gasteiger partial charge in [0.05, 0.1) is 11.4 Å². The summed E-state index contributed by atoms with van der Waals surface area (Å²) in [4.78, 5) is 15.4. The van der Waals surface area contributed by atoms with E-state index in [-0.39, 0.29) is 16.7 Å². The quantitative estimate of drug-likeness (QED) is 0.396. The molecule has 0 aliphatic carbocycles. The number of anilines is 1. The molecule has 0 aromatic heterocycles. The van der Waals surface area contributed by atoms with Gasteiger partial charge in [-0.15, -0.1) is 11.6 Å². The van der Waals surface area contributed by atoms with Crippen LogP contribution in [-0.4, -0.2) is 17.1 Å². The fourth-order valence-electron chi connectivity index (χ4n) is 1.03. The minimum atomic E-state index is -4.50. The van der Waals surface area contributed by atoms with Gasteiger partial charge in [-0.2, -0.15) is 13.2 Å². The Kier molecular flexibility index (Phi) is 5.44. The van der Waals surface area contributed by atoms with Crippen molar-refractivity contribution >= 4 is 40.2 Å². The van der Waals surface area contributed by atoms with E-state index < -0.39 is 17.8 Å². The van der Waals surface area contributed by atoms with Gasteiger partial charge in [0.2, 0.25) is 0 Å². The van der Waals surface area contributed by atoms with Crippen LogP contribution in [0, 0.1) is 0 Å². The molecule has 0 unspecified atom stereocenters. The van der Waals surface area contributed by atoms with Gasteiger partial charge >= 0.3 is 12.3 Å². The molecule has 0 spiro atoms. The largest absolute Gasteiger partial charge is 0.437 e. The first kappa shape index (κ1) is 15.6. The molecule has 19 heavy (non-hydrogen) atoms. The zero-order chi connectivity index (χ0) is 14.5. The lowest BCUT2D eigenvalue weighted by atomic mass is 10.2. The maximum atomic E-state index is 12.4. The third-order valence-corrected chi connectivity index (χ3v) is 2.37. The third-order valence-electron chi connectivity index (χ3n) is 1.77. The number of hydrogen-bond acceptors (Lipinski definition) is 3. The minimum Gasteiger partial charge on any atom is -0.297 e. The Morgan fingerprint density at radius 2 is 2.11 bits per heavy atom. The van der Waals surface area contributed by atoms with E-state index in [1.165, 1.54) is 6.07 Å². The minimum absolute atomic E-state index is 0.0861. The Bertz CT molecular complexity index is 492. The van der Waals surface area contributed by atoms with E-state index in [0.29, 0.717) is 0 Å². The Labute approximate surface area is 116 Å². The van der Waals surface area contributed by atoms with Gasteiger partial charge in [-0.3, -0.25) is 10.2 Å². The second-order valence-electron chi connectivity index (χ2n) is 3.18. The monoisotopic (exact) mass is 314 g/mol. The number of nitrogens with one attached hydrogen (secondary N) is 1. The smallest absolute Gasteiger partial charge is 0.297 e. The average Bonchev–Trinajstić information content (AvgIpc) is 2.35. The van der Waals surface area contributed by atoms with Crippen LogP contribution in [0.15, 0.2) is 29.4 Å². The van der Waals surface area contributed by atoms with E-state index >= 15 is 0 Å². The molecule has 0 bridgehead atoms. The number of carbonyl (C=O) groups is 1. The average molecular weight is 315 g/mol. The Morgan fingerprint density at radius 3 is 2.68 bits per heavy atom. The maximum absolute atomic E-state index is 12.4. The van der Waals surface area contributed by atoms with Crippen LogP contribution in [0.4, 0.5) is 23.7 Å². The Balaban J connectivity index is 2.70. The van der Waals surface area contributed by atoms with Crippen LogP contribution < -0.4 is 5.32 Å². The highest BCUT2D eigenvalue weighted by Crippen LogP contribution is 2.30. The Hall–Kier alpha value is -1.47. The van der Waals surface area contributed by atoms with Crippen molar-refractivity contribution < 1.29 is 22.8 Å². The molecule has 0 saturated carbocycles. The number of amides is 1. The molecule has 0 aliphatic rings. The van der Waals surface area contributed by atoms with Crippen molar-refractivity contribution in [3.63, 3.8) is 0 Å². The van der Waals surface area contributed by atoms with Crippen LogP contribution in [0.3, 0.4) is 0 Å². The molecule has 1 aromatic rings. The summed E-state index contributed by atoms with van der Waals surface area (Å²) in [5, 5.41) is 5.02. The van der Waals surface area contributed by atoms with Crippen LogP contribution >= 0.6 is 23.2 Å². The van der Waals surface area contributed by atoms with Gasteiger partial charge in [-0.1, -0.05) is 22.8 Å². The van der Waals surface area contributed by atoms with Crippen LogP contribution in [0.1, 0.15) is 5.56 Å². The molecule has 1 rings (SSSR count). The zero-order valence-electron chi connectivity index (χ0n) is 9.17. The van der Waals surface area contributed by atoms with Crippen molar-refractivity contribution in [2.45, 2.75) is 6.18 Å². The van der Waals surface area contributed by atoms with Gasteiger partial charge in [0.15, 0.2) is 5.17 Å². The summed E-state index contributed by atoms with van der Waals surface area (Å²) in [5.41, 5.74) is -0.982. The van der Waals surface area contributed by atoms with E-state index in [9.17, 15) is 18.0 Å². The second-order valence-corrected chi connectivity index (χ2v) is 3.89. The van der Waals surface area contributed by atoms with E-state index in [1.807, 2.05) is 0 Å². The van der Waals surface area contributed by atoms with Crippen molar-refractivity contribution in [3.05, 3.63) is 29.8 Å².